The number of aryl methyl sites for hydroxylation is 1. The van der Waals surface area contributed by atoms with Crippen molar-refractivity contribution < 1.29 is 37.1 Å². The minimum Gasteiger partial charge on any atom is -0.475 e. The fraction of sp³-hybridized carbons (Fsp3) is 0.455. The lowest BCUT2D eigenvalue weighted by Crippen LogP contribution is -2.44. The van der Waals surface area contributed by atoms with Crippen molar-refractivity contribution in [1.29, 1.82) is 0 Å². The number of furan rings is 1. The Morgan fingerprint density at radius 1 is 1.21 bits per heavy atom. The van der Waals surface area contributed by atoms with Gasteiger partial charge in [-0.25, -0.2) is 4.79 Å². The predicted molar refractivity (Wildman–Crippen MR) is 109 cm³/mol. The molecule has 1 N–H and O–H groups in total. The molecule has 4 rings (SSSR count). The van der Waals surface area contributed by atoms with Crippen molar-refractivity contribution in [2.24, 2.45) is 5.41 Å². The Hall–Kier alpha value is -3.37. The molecule has 4 heterocycles. The van der Waals surface area contributed by atoms with Crippen LogP contribution in [0.1, 0.15) is 41.1 Å². The number of hydrogen-bond acceptors (Lipinski definition) is 5. The first kappa shape index (κ1) is 24.3. The number of alkyl halides is 3. The molecule has 2 aliphatic heterocycles. The van der Waals surface area contributed by atoms with E-state index in [2.05, 4.69) is 4.98 Å². The highest BCUT2D eigenvalue weighted by atomic mass is 19.4. The normalized spacial score (nSPS) is 17.6. The zero-order valence-corrected chi connectivity index (χ0v) is 18.0. The van der Waals surface area contributed by atoms with Crippen molar-refractivity contribution in [3.8, 4) is 0 Å². The molecule has 2 saturated heterocycles. The topological polar surface area (TPSA) is 104 Å². The summed E-state index contributed by atoms with van der Waals surface area (Å²) in [6.07, 6.45) is 0.755. The van der Waals surface area contributed by atoms with Crippen LogP contribution in [0.4, 0.5) is 13.2 Å². The molecule has 0 aliphatic carbocycles. The number of carboxylic acid groups (broad SMARTS) is 1. The second kappa shape index (κ2) is 9.63. The van der Waals surface area contributed by atoms with Gasteiger partial charge in [0.1, 0.15) is 5.76 Å². The summed E-state index contributed by atoms with van der Waals surface area (Å²) < 4.78 is 37.2. The third kappa shape index (κ3) is 6.11. The minimum absolute atomic E-state index is 0.00481. The molecule has 8 nitrogen and oxygen atoms in total. The van der Waals surface area contributed by atoms with Crippen molar-refractivity contribution in [2.45, 2.75) is 38.9 Å². The number of aliphatic carboxylic acids is 1. The van der Waals surface area contributed by atoms with E-state index in [1.165, 1.54) is 0 Å². The standard InChI is InChI=1S/C20H23N3O3.C2HF3O2/c1-15-4-5-17(26-15)19(25)22-9-6-20(7-10-22)11-18(24)23(14-20)13-16-3-2-8-21-12-16;3-2(4,5)1(6)7/h2-5,8,12H,6-7,9-11,13-14H2,1H3;(H,6,7). The second-order valence-corrected chi connectivity index (χ2v) is 8.29. The number of nitrogens with zero attached hydrogens (tertiary/aromatic N) is 3. The van der Waals surface area contributed by atoms with Gasteiger partial charge in [-0.05, 0) is 43.5 Å². The Morgan fingerprint density at radius 3 is 2.39 bits per heavy atom. The molecule has 0 atom stereocenters. The fourth-order valence-corrected chi connectivity index (χ4v) is 4.06. The lowest BCUT2D eigenvalue weighted by atomic mass is 9.77. The van der Waals surface area contributed by atoms with Crippen molar-refractivity contribution in [3.05, 3.63) is 53.7 Å². The number of likely N-dealkylation sites (tertiary alicyclic amines) is 2. The molecule has 11 heteroatoms. The molecular formula is C22H24F3N3O5. The number of piperidine rings is 1. The van der Waals surface area contributed by atoms with Crippen LogP contribution in [0.3, 0.4) is 0 Å². The van der Waals surface area contributed by atoms with E-state index in [9.17, 15) is 22.8 Å². The zero-order valence-electron chi connectivity index (χ0n) is 18.0. The van der Waals surface area contributed by atoms with E-state index in [0.29, 0.717) is 31.8 Å². The molecule has 33 heavy (non-hydrogen) atoms. The van der Waals surface area contributed by atoms with Crippen LogP contribution in [0.15, 0.2) is 41.1 Å². The number of halogens is 3. The molecule has 0 unspecified atom stereocenters. The molecular weight excluding hydrogens is 443 g/mol. The van der Waals surface area contributed by atoms with E-state index in [0.717, 1.165) is 30.7 Å². The number of amides is 2. The van der Waals surface area contributed by atoms with Gasteiger partial charge in [0, 0.05) is 50.4 Å². The maximum atomic E-state index is 12.5. The highest BCUT2D eigenvalue weighted by molar-refractivity contribution is 5.91. The van der Waals surface area contributed by atoms with Gasteiger partial charge in [-0.3, -0.25) is 14.6 Å². The molecule has 1 spiro atoms. The number of pyridine rings is 1. The summed E-state index contributed by atoms with van der Waals surface area (Å²) in [5.41, 5.74) is 1.05. The van der Waals surface area contributed by atoms with E-state index in [1.54, 1.807) is 12.3 Å². The number of rotatable bonds is 3. The molecule has 2 amide bonds. The smallest absolute Gasteiger partial charge is 0.475 e. The van der Waals surface area contributed by atoms with Crippen LogP contribution < -0.4 is 0 Å². The average molecular weight is 467 g/mol. The Bertz CT molecular complexity index is 998. The Balaban J connectivity index is 0.000000383. The van der Waals surface area contributed by atoms with E-state index in [1.807, 2.05) is 41.1 Å². The van der Waals surface area contributed by atoms with Crippen LogP contribution in [-0.2, 0) is 16.1 Å². The molecule has 2 aromatic rings. The number of hydrogen-bond donors (Lipinski definition) is 1. The molecule has 178 valence electrons. The SMILES string of the molecule is Cc1ccc(C(=O)N2CCC3(CC2)CC(=O)N(Cc2cccnc2)C3)o1.O=C(O)C(F)(F)F. The number of carbonyl (C=O) groups excluding carboxylic acids is 2. The Labute approximate surface area is 188 Å². The quantitative estimate of drug-likeness (QED) is 0.743. The number of aromatic nitrogens is 1. The van der Waals surface area contributed by atoms with Crippen molar-refractivity contribution in [3.63, 3.8) is 0 Å². The van der Waals surface area contributed by atoms with Gasteiger partial charge in [0.15, 0.2) is 5.76 Å². The van der Waals surface area contributed by atoms with Crippen molar-refractivity contribution >= 4 is 17.8 Å². The summed E-state index contributed by atoms with van der Waals surface area (Å²) >= 11 is 0. The maximum absolute atomic E-state index is 12.5. The maximum Gasteiger partial charge on any atom is 0.490 e. The van der Waals surface area contributed by atoms with Gasteiger partial charge in [-0.2, -0.15) is 13.2 Å². The molecule has 2 fully saturated rings. The number of carbonyl (C=O) groups is 3. The van der Waals surface area contributed by atoms with Gasteiger partial charge in [0.05, 0.1) is 0 Å². The average Bonchev–Trinajstić information content (AvgIpc) is 3.32. The largest absolute Gasteiger partial charge is 0.490 e. The first-order valence-corrected chi connectivity index (χ1v) is 10.3. The molecule has 0 saturated carbocycles. The summed E-state index contributed by atoms with van der Waals surface area (Å²) in [7, 11) is 0. The Morgan fingerprint density at radius 2 is 1.88 bits per heavy atom. The highest BCUT2D eigenvalue weighted by Crippen LogP contribution is 2.41. The first-order chi connectivity index (χ1) is 15.5. The number of carboxylic acids is 1. The van der Waals surface area contributed by atoms with Crippen LogP contribution in [0, 0.1) is 12.3 Å². The third-order valence-corrected chi connectivity index (χ3v) is 5.81. The molecule has 0 radical (unpaired) electrons. The third-order valence-electron chi connectivity index (χ3n) is 5.81. The van der Waals surface area contributed by atoms with Gasteiger partial charge in [0.2, 0.25) is 5.91 Å². The van der Waals surface area contributed by atoms with Gasteiger partial charge in [-0.15, -0.1) is 0 Å². The van der Waals surface area contributed by atoms with Crippen molar-refractivity contribution in [1.82, 2.24) is 14.8 Å². The van der Waals surface area contributed by atoms with Crippen LogP contribution in [-0.4, -0.2) is 63.5 Å². The van der Waals surface area contributed by atoms with Gasteiger partial charge < -0.3 is 19.3 Å². The van der Waals surface area contributed by atoms with Crippen LogP contribution >= 0.6 is 0 Å². The highest BCUT2D eigenvalue weighted by Gasteiger charge is 2.45. The lowest BCUT2D eigenvalue weighted by molar-refractivity contribution is -0.192. The summed E-state index contributed by atoms with van der Waals surface area (Å²) in [5.74, 6) is -1.46. The monoisotopic (exact) mass is 467 g/mol. The minimum atomic E-state index is -5.08. The van der Waals surface area contributed by atoms with Crippen LogP contribution in [0.25, 0.3) is 0 Å². The molecule has 2 aromatic heterocycles. The summed E-state index contributed by atoms with van der Waals surface area (Å²) in [6, 6.07) is 7.44. The summed E-state index contributed by atoms with van der Waals surface area (Å²) in [6.45, 7) is 4.56. The van der Waals surface area contributed by atoms with Crippen LogP contribution in [0.5, 0.6) is 0 Å². The summed E-state index contributed by atoms with van der Waals surface area (Å²) in [5, 5.41) is 7.12. The van der Waals surface area contributed by atoms with Crippen LogP contribution in [0.2, 0.25) is 0 Å². The lowest BCUT2D eigenvalue weighted by Gasteiger charge is -2.38. The van der Waals surface area contributed by atoms with Gasteiger partial charge in [0.25, 0.3) is 5.91 Å². The first-order valence-electron chi connectivity index (χ1n) is 10.3. The van der Waals surface area contributed by atoms with Gasteiger partial charge >= 0.3 is 12.1 Å². The molecule has 0 aromatic carbocycles. The predicted octanol–water partition coefficient (Wildman–Crippen LogP) is 3.27. The van der Waals surface area contributed by atoms with E-state index in [4.69, 9.17) is 14.3 Å². The fourth-order valence-electron chi connectivity index (χ4n) is 4.06. The molecule has 0 bridgehead atoms. The van der Waals surface area contributed by atoms with Crippen molar-refractivity contribution in [2.75, 3.05) is 19.6 Å². The van der Waals surface area contributed by atoms with E-state index in [-0.39, 0.29) is 17.2 Å². The Kier molecular flexibility index (Phi) is 7.09. The molecule has 2 aliphatic rings. The second-order valence-electron chi connectivity index (χ2n) is 8.29. The van der Waals surface area contributed by atoms with E-state index < -0.39 is 12.1 Å². The van der Waals surface area contributed by atoms with Gasteiger partial charge in [-0.1, -0.05) is 6.07 Å². The van der Waals surface area contributed by atoms with E-state index >= 15 is 0 Å². The zero-order chi connectivity index (χ0) is 24.2. The summed E-state index contributed by atoms with van der Waals surface area (Å²) in [4.78, 5) is 41.8.